The van der Waals surface area contributed by atoms with Gasteiger partial charge in [0.1, 0.15) is 12.4 Å². The number of nitrogens with one attached hydrogen (secondary N) is 1. The fraction of sp³-hybridized carbons (Fsp3) is 0.310. The molecule has 1 N–H and O–H groups in total. The van der Waals surface area contributed by atoms with Crippen LogP contribution in [0.15, 0.2) is 79.1 Å². The van der Waals surface area contributed by atoms with Crippen molar-refractivity contribution < 1.29 is 9.59 Å². The number of aromatic nitrogens is 3. The quantitative estimate of drug-likeness (QED) is 0.395. The number of carbonyl (C=O) groups is 2. The number of amides is 2. The lowest BCUT2D eigenvalue weighted by molar-refractivity contribution is -0.135. The Labute approximate surface area is 211 Å². The molecule has 7 heteroatoms. The highest BCUT2D eigenvalue weighted by atomic mass is 16.2. The molecule has 2 aromatic carbocycles. The molecule has 1 saturated carbocycles. The van der Waals surface area contributed by atoms with E-state index in [1.165, 1.54) is 12.6 Å². The van der Waals surface area contributed by atoms with Crippen molar-refractivity contribution in [1.82, 2.24) is 24.8 Å². The third-order valence-electron chi connectivity index (χ3n) is 6.89. The number of benzene rings is 2. The lowest BCUT2D eigenvalue weighted by Gasteiger charge is -2.35. The number of nitrogens with zero attached hydrogens (tertiary/aromatic N) is 4. The number of para-hydroxylation sites is 2. The average molecular weight is 482 g/mol. The minimum absolute atomic E-state index is 0.0775. The smallest absolute Gasteiger partial charge is 0.253 e. The Hall–Kier alpha value is -4.00. The summed E-state index contributed by atoms with van der Waals surface area (Å²) in [5, 5.41) is 2.94. The molecule has 2 amide bonds. The summed E-state index contributed by atoms with van der Waals surface area (Å²) in [6.45, 7) is 1.00. The second-order valence-electron chi connectivity index (χ2n) is 9.33. The molecule has 0 aliphatic heterocycles. The topological polar surface area (TPSA) is 80.1 Å². The molecule has 1 aliphatic rings. The van der Waals surface area contributed by atoms with E-state index in [1.54, 1.807) is 18.3 Å². The Morgan fingerprint density at radius 2 is 1.72 bits per heavy atom. The number of imidazole rings is 1. The molecule has 0 unspecified atom stereocenters. The first-order valence-corrected chi connectivity index (χ1v) is 12.6. The summed E-state index contributed by atoms with van der Waals surface area (Å²) in [6, 6.07) is 21.7. The predicted octanol–water partition coefficient (Wildman–Crippen LogP) is 4.72. The predicted molar refractivity (Wildman–Crippen MR) is 139 cm³/mol. The highest BCUT2D eigenvalue weighted by Gasteiger charge is 2.27. The van der Waals surface area contributed by atoms with E-state index in [9.17, 15) is 9.59 Å². The number of carbonyl (C=O) groups excluding carboxylic acids is 2. The van der Waals surface area contributed by atoms with Gasteiger partial charge >= 0.3 is 0 Å². The molecule has 0 saturated heterocycles. The van der Waals surface area contributed by atoms with Gasteiger partial charge in [0.2, 0.25) is 5.91 Å². The van der Waals surface area contributed by atoms with E-state index in [0.717, 1.165) is 42.3 Å². The van der Waals surface area contributed by atoms with Gasteiger partial charge in [0.15, 0.2) is 0 Å². The van der Waals surface area contributed by atoms with Gasteiger partial charge in [-0.05, 0) is 42.7 Å². The first-order chi connectivity index (χ1) is 17.7. The number of hydrogen-bond acceptors (Lipinski definition) is 4. The monoisotopic (exact) mass is 481 g/mol. The normalized spacial score (nSPS) is 14.0. The lowest BCUT2D eigenvalue weighted by Crippen LogP contribution is -2.42. The van der Waals surface area contributed by atoms with Crippen molar-refractivity contribution in [2.45, 2.75) is 57.8 Å². The van der Waals surface area contributed by atoms with Gasteiger partial charge in [-0.3, -0.25) is 14.6 Å². The largest absolute Gasteiger partial charge is 0.345 e. The molecule has 36 heavy (non-hydrogen) atoms. The number of hydrogen-bond donors (Lipinski definition) is 1. The van der Waals surface area contributed by atoms with Crippen LogP contribution in [0.2, 0.25) is 0 Å². The van der Waals surface area contributed by atoms with Crippen LogP contribution >= 0.6 is 0 Å². The first kappa shape index (κ1) is 23.7. The highest BCUT2D eigenvalue weighted by molar-refractivity contribution is 5.93. The molecule has 0 bridgehead atoms. The second kappa shape index (κ2) is 11.2. The number of rotatable bonds is 8. The minimum Gasteiger partial charge on any atom is -0.345 e. The van der Waals surface area contributed by atoms with Gasteiger partial charge in [-0.2, -0.15) is 0 Å². The molecule has 0 spiro atoms. The summed E-state index contributed by atoms with van der Waals surface area (Å²) in [5.74, 6) is 0.514. The molecule has 4 aromatic rings. The van der Waals surface area contributed by atoms with Gasteiger partial charge in [-0.25, -0.2) is 4.98 Å². The molecular weight excluding hydrogens is 450 g/mol. The van der Waals surface area contributed by atoms with Gasteiger partial charge < -0.3 is 14.8 Å². The van der Waals surface area contributed by atoms with Gasteiger partial charge in [0.05, 0.1) is 23.1 Å². The molecule has 1 aliphatic carbocycles. The minimum atomic E-state index is -0.221. The van der Waals surface area contributed by atoms with Crippen LogP contribution < -0.4 is 5.32 Å². The van der Waals surface area contributed by atoms with E-state index in [2.05, 4.69) is 27.3 Å². The molecule has 2 aromatic heterocycles. The SMILES string of the molecule is O=C(NCc1nc2ccccc2n1CC(=O)N(Cc1ccccc1)C1CCCCC1)c1cccnc1. The van der Waals surface area contributed by atoms with Gasteiger partial charge in [0, 0.05) is 25.0 Å². The highest BCUT2D eigenvalue weighted by Crippen LogP contribution is 2.25. The third-order valence-corrected chi connectivity index (χ3v) is 6.89. The Balaban J connectivity index is 1.39. The lowest BCUT2D eigenvalue weighted by atomic mass is 9.93. The Morgan fingerprint density at radius 1 is 0.944 bits per heavy atom. The first-order valence-electron chi connectivity index (χ1n) is 12.6. The fourth-order valence-corrected chi connectivity index (χ4v) is 5.02. The molecule has 184 valence electrons. The molecule has 2 heterocycles. The summed E-state index contributed by atoms with van der Waals surface area (Å²) in [5.41, 5.74) is 3.32. The number of fused-ring (bicyclic) bond motifs is 1. The maximum absolute atomic E-state index is 13.9. The summed E-state index contributed by atoms with van der Waals surface area (Å²) >= 11 is 0. The summed E-state index contributed by atoms with van der Waals surface area (Å²) in [4.78, 5) is 37.3. The van der Waals surface area contributed by atoms with Crippen LogP contribution in [0.4, 0.5) is 0 Å². The standard InChI is InChI=1S/C29H31N5O2/c35-28(33(24-13-5-2-6-14-24)20-22-10-3-1-4-11-22)21-34-26-16-8-7-15-25(26)32-27(34)19-31-29(36)23-12-9-17-30-18-23/h1,3-4,7-12,15-18,24H,2,5-6,13-14,19-21H2,(H,31,36). The van der Waals surface area contributed by atoms with Gasteiger partial charge in [-0.1, -0.05) is 61.7 Å². The zero-order valence-corrected chi connectivity index (χ0v) is 20.3. The third kappa shape index (κ3) is 5.46. The fourth-order valence-electron chi connectivity index (χ4n) is 5.02. The maximum atomic E-state index is 13.9. The van der Waals surface area contributed by atoms with Crippen LogP contribution in [-0.2, 0) is 24.4 Å². The molecule has 1 fully saturated rings. The van der Waals surface area contributed by atoms with Crippen molar-refractivity contribution in [1.29, 1.82) is 0 Å². The van der Waals surface area contributed by atoms with Gasteiger partial charge in [0.25, 0.3) is 5.91 Å². The maximum Gasteiger partial charge on any atom is 0.253 e. The van der Waals surface area contributed by atoms with E-state index >= 15 is 0 Å². The van der Waals surface area contributed by atoms with Crippen LogP contribution in [0, 0.1) is 0 Å². The zero-order chi connectivity index (χ0) is 24.7. The van der Waals surface area contributed by atoms with Gasteiger partial charge in [-0.15, -0.1) is 0 Å². The molecule has 7 nitrogen and oxygen atoms in total. The van der Waals surface area contributed by atoms with E-state index < -0.39 is 0 Å². The Morgan fingerprint density at radius 3 is 2.50 bits per heavy atom. The van der Waals surface area contributed by atoms with Crippen LogP contribution in [0.25, 0.3) is 11.0 Å². The average Bonchev–Trinajstić information content (AvgIpc) is 3.29. The van der Waals surface area contributed by atoms with Crippen LogP contribution in [0.3, 0.4) is 0 Å². The van der Waals surface area contributed by atoms with Crippen molar-refractivity contribution in [3.05, 3.63) is 96.1 Å². The Bertz CT molecular complexity index is 1310. The van der Waals surface area contributed by atoms with E-state index in [0.29, 0.717) is 17.9 Å². The number of pyridine rings is 1. The molecule has 0 atom stereocenters. The van der Waals surface area contributed by atoms with E-state index in [-0.39, 0.29) is 30.9 Å². The van der Waals surface area contributed by atoms with Crippen molar-refractivity contribution in [2.75, 3.05) is 0 Å². The van der Waals surface area contributed by atoms with Crippen LogP contribution in [0.5, 0.6) is 0 Å². The zero-order valence-electron chi connectivity index (χ0n) is 20.3. The molecule has 5 rings (SSSR count). The van der Waals surface area contributed by atoms with Crippen molar-refractivity contribution in [3.63, 3.8) is 0 Å². The molecular formula is C29H31N5O2. The van der Waals surface area contributed by atoms with Crippen molar-refractivity contribution >= 4 is 22.8 Å². The van der Waals surface area contributed by atoms with Crippen molar-refractivity contribution in [3.8, 4) is 0 Å². The van der Waals surface area contributed by atoms with Crippen LogP contribution in [0.1, 0.15) is 53.8 Å². The molecule has 0 radical (unpaired) electrons. The second-order valence-corrected chi connectivity index (χ2v) is 9.33. The van der Waals surface area contributed by atoms with E-state index in [1.807, 2.05) is 47.0 Å². The summed E-state index contributed by atoms with van der Waals surface area (Å²) in [7, 11) is 0. The van der Waals surface area contributed by atoms with Crippen molar-refractivity contribution in [2.24, 2.45) is 0 Å². The van der Waals surface area contributed by atoms with E-state index in [4.69, 9.17) is 4.98 Å². The summed E-state index contributed by atoms with van der Waals surface area (Å²) in [6.07, 6.45) is 8.79. The summed E-state index contributed by atoms with van der Waals surface area (Å²) < 4.78 is 1.95. The van der Waals surface area contributed by atoms with Crippen LogP contribution in [-0.4, -0.2) is 37.3 Å². The Kier molecular flexibility index (Phi) is 7.36.